The molecule has 0 aliphatic carbocycles. The van der Waals surface area contributed by atoms with Crippen molar-refractivity contribution in [2.75, 3.05) is 27.2 Å². The molecule has 1 aromatic carbocycles. The number of benzene rings is 1. The number of rotatable bonds is 4. The minimum absolute atomic E-state index is 0. The molecule has 0 saturated carbocycles. The van der Waals surface area contributed by atoms with E-state index >= 15 is 0 Å². The van der Waals surface area contributed by atoms with Gasteiger partial charge in [-0.2, -0.15) is 0 Å². The average molecular weight is 271 g/mol. The van der Waals surface area contributed by atoms with Crippen molar-refractivity contribution in [1.29, 1.82) is 0 Å². The van der Waals surface area contributed by atoms with E-state index in [2.05, 4.69) is 29.4 Å². The van der Waals surface area contributed by atoms with Crippen LogP contribution in [0.15, 0.2) is 24.3 Å². The van der Waals surface area contributed by atoms with Crippen LogP contribution in [-0.4, -0.2) is 38.2 Å². The lowest BCUT2D eigenvalue weighted by atomic mass is 10.0. The van der Waals surface area contributed by atoms with E-state index in [9.17, 15) is 0 Å². The molecule has 1 aromatic rings. The Morgan fingerprint density at radius 1 is 1.28 bits per heavy atom. The summed E-state index contributed by atoms with van der Waals surface area (Å²) in [7, 11) is 3.95. The van der Waals surface area contributed by atoms with Gasteiger partial charge in [-0.1, -0.05) is 18.2 Å². The van der Waals surface area contributed by atoms with Gasteiger partial charge in [0, 0.05) is 18.2 Å². The summed E-state index contributed by atoms with van der Waals surface area (Å²) in [5, 5.41) is 3.40. The zero-order valence-electron chi connectivity index (χ0n) is 11.2. The maximum Gasteiger partial charge on any atom is 0.123 e. The zero-order valence-corrected chi connectivity index (χ0v) is 12.0. The van der Waals surface area contributed by atoms with E-state index in [1.165, 1.54) is 18.4 Å². The molecule has 0 radical (unpaired) electrons. The third kappa shape index (κ3) is 3.87. The first-order valence-corrected chi connectivity index (χ1v) is 6.34. The summed E-state index contributed by atoms with van der Waals surface area (Å²) >= 11 is 0. The molecule has 0 amide bonds. The fourth-order valence-electron chi connectivity index (χ4n) is 2.48. The largest absolute Gasteiger partial charge is 0.496 e. The maximum absolute atomic E-state index is 5.39. The summed E-state index contributed by atoms with van der Waals surface area (Å²) in [6, 6.07) is 8.98. The summed E-state index contributed by atoms with van der Waals surface area (Å²) in [4.78, 5) is 2.44. The van der Waals surface area contributed by atoms with Crippen molar-refractivity contribution in [3.63, 3.8) is 0 Å². The van der Waals surface area contributed by atoms with Gasteiger partial charge in [0.05, 0.1) is 7.11 Å². The number of para-hydroxylation sites is 1. The maximum atomic E-state index is 5.39. The van der Waals surface area contributed by atoms with Gasteiger partial charge in [0.1, 0.15) is 5.75 Å². The van der Waals surface area contributed by atoms with Gasteiger partial charge < -0.3 is 10.1 Å². The molecule has 0 aromatic heterocycles. The number of halogens is 1. The van der Waals surface area contributed by atoms with Crippen LogP contribution < -0.4 is 10.1 Å². The normalized spacial score (nSPS) is 16.4. The predicted molar refractivity (Wildman–Crippen MR) is 77.6 cm³/mol. The van der Waals surface area contributed by atoms with Crippen molar-refractivity contribution in [3.8, 4) is 5.75 Å². The first-order chi connectivity index (χ1) is 8.31. The van der Waals surface area contributed by atoms with E-state index in [-0.39, 0.29) is 12.4 Å². The third-order valence-electron chi connectivity index (χ3n) is 3.54. The molecule has 3 nitrogen and oxygen atoms in total. The standard InChI is InChI=1S/C14H22N2O.ClH/c1-16(13-7-9-15-10-8-13)11-12-5-3-4-6-14(12)17-2;/h3-6,13,15H,7-11H2,1-2H3;1H. The Hall–Kier alpha value is -0.770. The van der Waals surface area contributed by atoms with Crippen molar-refractivity contribution in [1.82, 2.24) is 10.2 Å². The molecule has 102 valence electrons. The minimum Gasteiger partial charge on any atom is -0.496 e. The number of hydrogen-bond donors (Lipinski definition) is 1. The Morgan fingerprint density at radius 2 is 1.94 bits per heavy atom. The van der Waals surface area contributed by atoms with Crippen LogP contribution in [0.5, 0.6) is 5.75 Å². The van der Waals surface area contributed by atoms with E-state index in [1.54, 1.807) is 7.11 Å². The number of ether oxygens (including phenoxy) is 1. The van der Waals surface area contributed by atoms with Gasteiger partial charge in [0.25, 0.3) is 0 Å². The molecule has 1 N–H and O–H groups in total. The second kappa shape index (κ2) is 7.62. The highest BCUT2D eigenvalue weighted by Crippen LogP contribution is 2.21. The molecule has 2 rings (SSSR count). The van der Waals surface area contributed by atoms with Gasteiger partial charge in [0.15, 0.2) is 0 Å². The predicted octanol–water partition coefficient (Wildman–Crippen LogP) is 2.30. The second-order valence-corrected chi connectivity index (χ2v) is 4.71. The highest BCUT2D eigenvalue weighted by Gasteiger charge is 2.18. The number of hydrogen-bond acceptors (Lipinski definition) is 3. The molecule has 1 saturated heterocycles. The highest BCUT2D eigenvalue weighted by molar-refractivity contribution is 5.85. The SMILES string of the molecule is COc1ccccc1CN(C)C1CCNCC1.Cl. The monoisotopic (exact) mass is 270 g/mol. The Balaban J connectivity index is 0.00000162. The Labute approximate surface area is 116 Å². The highest BCUT2D eigenvalue weighted by atomic mass is 35.5. The van der Waals surface area contributed by atoms with Gasteiger partial charge in [-0.25, -0.2) is 0 Å². The Bertz CT molecular complexity index is 353. The number of methoxy groups -OCH3 is 1. The zero-order chi connectivity index (χ0) is 12.1. The van der Waals surface area contributed by atoms with Crippen LogP contribution in [0.3, 0.4) is 0 Å². The fourth-order valence-corrected chi connectivity index (χ4v) is 2.48. The molecule has 0 unspecified atom stereocenters. The van der Waals surface area contributed by atoms with Gasteiger partial charge in [0.2, 0.25) is 0 Å². The molecule has 0 atom stereocenters. The lowest BCUT2D eigenvalue weighted by Crippen LogP contribution is -2.40. The van der Waals surface area contributed by atoms with Crippen LogP contribution >= 0.6 is 12.4 Å². The lowest BCUT2D eigenvalue weighted by molar-refractivity contribution is 0.190. The Kier molecular flexibility index (Phi) is 6.47. The minimum atomic E-state index is 0. The smallest absolute Gasteiger partial charge is 0.123 e. The topological polar surface area (TPSA) is 24.5 Å². The van der Waals surface area contributed by atoms with E-state index in [0.29, 0.717) is 6.04 Å². The van der Waals surface area contributed by atoms with E-state index in [0.717, 1.165) is 25.4 Å². The third-order valence-corrected chi connectivity index (χ3v) is 3.54. The second-order valence-electron chi connectivity index (χ2n) is 4.71. The molecular formula is C14H23ClN2O. The molecule has 4 heteroatoms. The van der Waals surface area contributed by atoms with Gasteiger partial charge in [-0.15, -0.1) is 12.4 Å². The van der Waals surface area contributed by atoms with Crippen LogP contribution in [0.4, 0.5) is 0 Å². The Morgan fingerprint density at radius 3 is 2.61 bits per heavy atom. The van der Waals surface area contributed by atoms with Crippen molar-refractivity contribution in [2.45, 2.75) is 25.4 Å². The van der Waals surface area contributed by atoms with Crippen molar-refractivity contribution < 1.29 is 4.74 Å². The van der Waals surface area contributed by atoms with Gasteiger partial charge in [-0.05, 0) is 39.0 Å². The van der Waals surface area contributed by atoms with Crippen molar-refractivity contribution in [3.05, 3.63) is 29.8 Å². The van der Waals surface area contributed by atoms with Crippen LogP contribution in [0, 0.1) is 0 Å². The molecule has 0 bridgehead atoms. The fraction of sp³-hybridized carbons (Fsp3) is 0.571. The number of nitrogens with one attached hydrogen (secondary N) is 1. The summed E-state index contributed by atoms with van der Waals surface area (Å²) in [6.45, 7) is 3.25. The van der Waals surface area contributed by atoms with E-state index in [1.807, 2.05) is 12.1 Å². The lowest BCUT2D eigenvalue weighted by Gasteiger charge is -2.31. The number of piperidine rings is 1. The quantitative estimate of drug-likeness (QED) is 0.909. The molecular weight excluding hydrogens is 248 g/mol. The van der Waals surface area contributed by atoms with E-state index in [4.69, 9.17) is 4.74 Å². The summed E-state index contributed by atoms with van der Waals surface area (Å²) in [5.41, 5.74) is 1.27. The van der Waals surface area contributed by atoms with Crippen LogP contribution in [0.2, 0.25) is 0 Å². The van der Waals surface area contributed by atoms with Crippen LogP contribution in [0.25, 0.3) is 0 Å². The molecule has 1 heterocycles. The average Bonchev–Trinajstić information content (AvgIpc) is 2.40. The molecule has 1 aliphatic heterocycles. The summed E-state index contributed by atoms with van der Waals surface area (Å²) < 4.78 is 5.39. The van der Waals surface area contributed by atoms with Crippen molar-refractivity contribution >= 4 is 12.4 Å². The van der Waals surface area contributed by atoms with Crippen LogP contribution in [-0.2, 0) is 6.54 Å². The molecule has 18 heavy (non-hydrogen) atoms. The molecule has 1 fully saturated rings. The van der Waals surface area contributed by atoms with Gasteiger partial charge in [-0.3, -0.25) is 4.90 Å². The van der Waals surface area contributed by atoms with Gasteiger partial charge >= 0.3 is 0 Å². The molecule has 1 aliphatic rings. The van der Waals surface area contributed by atoms with Crippen LogP contribution in [0.1, 0.15) is 18.4 Å². The summed E-state index contributed by atoms with van der Waals surface area (Å²) in [5.74, 6) is 0.994. The first-order valence-electron chi connectivity index (χ1n) is 6.34. The first kappa shape index (κ1) is 15.3. The van der Waals surface area contributed by atoms with Crippen molar-refractivity contribution in [2.24, 2.45) is 0 Å². The number of nitrogens with zero attached hydrogens (tertiary/aromatic N) is 1. The summed E-state index contributed by atoms with van der Waals surface area (Å²) in [6.07, 6.45) is 2.48. The molecule has 0 spiro atoms. The van der Waals surface area contributed by atoms with E-state index < -0.39 is 0 Å².